The van der Waals surface area contributed by atoms with E-state index in [1.54, 1.807) is 0 Å². The van der Waals surface area contributed by atoms with Gasteiger partial charge in [0.25, 0.3) is 0 Å². The predicted octanol–water partition coefficient (Wildman–Crippen LogP) is 2.50. The van der Waals surface area contributed by atoms with Crippen LogP contribution in [0.25, 0.3) is 0 Å². The minimum Gasteiger partial charge on any atom is -0.319 e. The molecule has 0 aliphatic carbocycles. The fourth-order valence-corrected chi connectivity index (χ4v) is 2.03. The van der Waals surface area contributed by atoms with Crippen molar-refractivity contribution >= 4 is 0 Å². The number of hydrogen-bond acceptors (Lipinski definition) is 2. The molecular weight excluding hydrogens is 215 g/mol. The Morgan fingerprint density at radius 1 is 1.29 bits per heavy atom. The Bertz CT molecular complexity index is 311. The zero-order valence-corrected chi connectivity index (χ0v) is 11.0. The third kappa shape index (κ3) is 5.29. The van der Waals surface area contributed by atoms with E-state index in [2.05, 4.69) is 24.2 Å². The second-order valence-electron chi connectivity index (χ2n) is 4.66. The molecule has 0 heterocycles. The van der Waals surface area contributed by atoms with Gasteiger partial charge in [-0.15, -0.1) is 0 Å². The molecule has 0 saturated heterocycles. The molecule has 1 aromatic rings. The highest BCUT2D eigenvalue weighted by Crippen LogP contribution is 2.09. The largest absolute Gasteiger partial charge is 0.319 e. The molecule has 96 valence electrons. The van der Waals surface area contributed by atoms with Crippen LogP contribution in [-0.4, -0.2) is 32.1 Å². The van der Waals surface area contributed by atoms with Crippen LogP contribution in [0.3, 0.4) is 0 Å². The molecule has 0 spiro atoms. The minimum absolute atomic E-state index is 0.168. The Balaban J connectivity index is 2.42. The number of hydrogen-bond donors (Lipinski definition) is 1. The monoisotopic (exact) mass is 238 g/mol. The Hall–Kier alpha value is -0.930. The van der Waals surface area contributed by atoms with Crippen LogP contribution in [0.4, 0.5) is 4.39 Å². The van der Waals surface area contributed by atoms with Crippen LogP contribution in [0.2, 0.25) is 0 Å². The molecule has 1 atom stereocenters. The molecule has 17 heavy (non-hydrogen) atoms. The molecule has 1 N–H and O–H groups in total. The standard InChI is InChI=1S/C14H23FN2/c1-4-12(9-16-2)10-17(3)11-13-5-7-14(15)8-6-13/h5-8,12,16H,4,9-11H2,1-3H3. The molecule has 0 aliphatic rings. The zero-order valence-electron chi connectivity index (χ0n) is 11.0. The predicted molar refractivity (Wildman–Crippen MR) is 70.4 cm³/mol. The van der Waals surface area contributed by atoms with Crippen molar-refractivity contribution in [1.82, 2.24) is 10.2 Å². The molecule has 0 saturated carbocycles. The van der Waals surface area contributed by atoms with E-state index in [-0.39, 0.29) is 5.82 Å². The van der Waals surface area contributed by atoms with Crippen molar-refractivity contribution in [1.29, 1.82) is 0 Å². The highest BCUT2D eigenvalue weighted by Gasteiger charge is 2.09. The lowest BCUT2D eigenvalue weighted by Crippen LogP contribution is -2.30. The highest BCUT2D eigenvalue weighted by atomic mass is 19.1. The average Bonchev–Trinajstić information content (AvgIpc) is 2.31. The first-order valence-corrected chi connectivity index (χ1v) is 6.23. The van der Waals surface area contributed by atoms with E-state index < -0.39 is 0 Å². The maximum absolute atomic E-state index is 12.8. The van der Waals surface area contributed by atoms with Gasteiger partial charge < -0.3 is 10.2 Å². The molecule has 2 nitrogen and oxygen atoms in total. The van der Waals surface area contributed by atoms with Gasteiger partial charge in [-0.3, -0.25) is 0 Å². The first-order valence-electron chi connectivity index (χ1n) is 6.23. The van der Waals surface area contributed by atoms with Gasteiger partial charge in [0.1, 0.15) is 5.82 Å². The summed E-state index contributed by atoms with van der Waals surface area (Å²) >= 11 is 0. The maximum atomic E-state index is 12.8. The zero-order chi connectivity index (χ0) is 12.7. The van der Waals surface area contributed by atoms with Crippen LogP contribution in [0.5, 0.6) is 0 Å². The molecule has 0 aliphatic heterocycles. The van der Waals surface area contributed by atoms with Crippen LogP contribution < -0.4 is 5.32 Å². The topological polar surface area (TPSA) is 15.3 Å². The van der Waals surface area contributed by atoms with E-state index in [9.17, 15) is 4.39 Å². The summed E-state index contributed by atoms with van der Waals surface area (Å²) in [5, 5.41) is 3.22. The number of nitrogens with zero attached hydrogens (tertiary/aromatic N) is 1. The maximum Gasteiger partial charge on any atom is 0.123 e. The summed E-state index contributed by atoms with van der Waals surface area (Å²) in [6.07, 6.45) is 1.18. The lowest BCUT2D eigenvalue weighted by atomic mass is 10.1. The lowest BCUT2D eigenvalue weighted by Gasteiger charge is -2.23. The summed E-state index contributed by atoms with van der Waals surface area (Å²) < 4.78 is 12.8. The Morgan fingerprint density at radius 2 is 1.94 bits per heavy atom. The number of nitrogens with one attached hydrogen (secondary N) is 1. The third-order valence-electron chi connectivity index (χ3n) is 3.01. The van der Waals surface area contributed by atoms with E-state index >= 15 is 0 Å². The van der Waals surface area contributed by atoms with E-state index in [4.69, 9.17) is 0 Å². The fourth-order valence-electron chi connectivity index (χ4n) is 2.03. The second-order valence-corrected chi connectivity index (χ2v) is 4.66. The SMILES string of the molecule is CCC(CNC)CN(C)Cc1ccc(F)cc1. The molecule has 1 rings (SSSR count). The molecule has 1 unspecified atom stereocenters. The molecule has 0 bridgehead atoms. The van der Waals surface area contributed by atoms with Crippen molar-refractivity contribution in [3.8, 4) is 0 Å². The molecule has 0 radical (unpaired) electrons. The van der Waals surface area contributed by atoms with Gasteiger partial charge in [0.2, 0.25) is 0 Å². The summed E-state index contributed by atoms with van der Waals surface area (Å²) in [4.78, 5) is 2.29. The summed E-state index contributed by atoms with van der Waals surface area (Å²) in [7, 11) is 4.10. The first-order chi connectivity index (χ1) is 8.15. The number of halogens is 1. The van der Waals surface area contributed by atoms with Gasteiger partial charge in [-0.2, -0.15) is 0 Å². The second kappa shape index (κ2) is 7.41. The number of rotatable bonds is 7. The molecule has 0 aromatic heterocycles. The lowest BCUT2D eigenvalue weighted by molar-refractivity contribution is 0.261. The Morgan fingerprint density at radius 3 is 2.47 bits per heavy atom. The van der Waals surface area contributed by atoms with Crippen molar-refractivity contribution in [2.24, 2.45) is 5.92 Å². The molecule has 0 amide bonds. The van der Waals surface area contributed by atoms with Crippen molar-refractivity contribution in [3.05, 3.63) is 35.6 Å². The van der Waals surface area contributed by atoms with Crippen LogP contribution in [0.1, 0.15) is 18.9 Å². The Labute approximate surface area is 104 Å². The van der Waals surface area contributed by atoms with Crippen LogP contribution in [-0.2, 0) is 6.54 Å². The van der Waals surface area contributed by atoms with Gasteiger partial charge in [0.15, 0.2) is 0 Å². The van der Waals surface area contributed by atoms with Gasteiger partial charge in [0.05, 0.1) is 0 Å². The fraction of sp³-hybridized carbons (Fsp3) is 0.571. The van der Waals surface area contributed by atoms with Crippen molar-refractivity contribution in [3.63, 3.8) is 0 Å². The summed E-state index contributed by atoms with van der Waals surface area (Å²) in [6, 6.07) is 6.75. The third-order valence-corrected chi connectivity index (χ3v) is 3.01. The molecule has 0 fully saturated rings. The van der Waals surface area contributed by atoms with E-state index in [0.717, 1.165) is 25.2 Å². The smallest absolute Gasteiger partial charge is 0.123 e. The summed E-state index contributed by atoms with van der Waals surface area (Å²) in [5.74, 6) is 0.503. The number of benzene rings is 1. The van der Waals surface area contributed by atoms with Gasteiger partial charge in [-0.25, -0.2) is 4.39 Å². The average molecular weight is 238 g/mol. The van der Waals surface area contributed by atoms with Crippen LogP contribution in [0.15, 0.2) is 24.3 Å². The summed E-state index contributed by atoms with van der Waals surface area (Å²) in [6.45, 7) is 5.20. The van der Waals surface area contributed by atoms with Crippen molar-refractivity contribution in [2.75, 3.05) is 27.2 Å². The normalized spacial score (nSPS) is 13.0. The first kappa shape index (κ1) is 14.1. The van der Waals surface area contributed by atoms with Gasteiger partial charge in [-0.1, -0.05) is 25.5 Å². The molecule has 1 aromatic carbocycles. The van der Waals surface area contributed by atoms with Crippen molar-refractivity contribution in [2.45, 2.75) is 19.9 Å². The van der Waals surface area contributed by atoms with Crippen LogP contribution in [0, 0.1) is 11.7 Å². The van der Waals surface area contributed by atoms with E-state index in [1.807, 2.05) is 19.2 Å². The van der Waals surface area contributed by atoms with Crippen molar-refractivity contribution < 1.29 is 4.39 Å². The van der Waals surface area contributed by atoms with Crippen LogP contribution >= 0.6 is 0 Å². The van der Waals surface area contributed by atoms with Gasteiger partial charge in [-0.05, 0) is 44.3 Å². The van der Waals surface area contributed by atoms with Gasteiger partial charge >= 0.3 is 0 Å². The van der Waals surface area contributed by atoms with E-state index in [0.29, 0.717) is 5.92 Å². The quantitative estimate of drug-likeness (QED) is 0.785. The van der Waals surface area contributed by atoms with E-state index in [1.165, 1.54) is 18.6 Å². The van der Waals surface area contributed by atoms with Gasteiger partial charge in [0, 0.05) is 13.1 Å². The molecule has 3 heteroatoms. The summed E-state index contributed by atoms with van der Waals surface area (Å²) in [5.41, 5.74) is 1.16. The minimum atomic E-state index is -0.168. The highest BCUT2D eigenvalue weighted by molar-refractivity contribution is 5.15. The Kier molecular flexibility index (Phi) is 6.16. The molecular formula is C14H23FN2.